The molecule has 1 aliphatic heterocycles. The van der Waals surface area contributed by atoms with Crippen LogP contribution in [0.5, 0.6) is 0 Å². The number of hydrogen-bond acceptors (Lipinski definition) is 2. The van der Waals surface area contributed by atoms with Gasteiger partial charge in [-0.1, -0.05) is 48.0 Å². The van der Waals surface area contributed by atoms with Crippen LogP contribution < -0.4 is 5.32 Å². The Balaban J connectivity index is 2.17. The zero-order valence-corrected chi connectivity index (χ0v) is 13.7. The van der Waals surface area contributed by atoms with Crippen molar-refractivity contribution in [1.29, 1.82) is 0 Å². The van der Waals surface area contributed by atoms with Crippen LogP contribution in [-0.2, 0) is 11.2 Å². The molecular weight excluding hydrogens is 302 g/mol. The SMILES string of the molecule is CC(C)NCC1(Cc2ccccc2Br)CCOC1C. The van der Waals surface area contributed by atoms with Gasteiger partial charge in [0.1, 0.15) is 0 Å². The molecule has 1 saturated heterocycles. The molecule has 3 heteroatoms. The molecule has 0 amide bonds. The molecule has 19 heavy (non-hydrogen) atoms. The standard InChI is InChI=1S/C16H24BrNO/c1-12(2)18-11-16(8-9-19-13(16)3)10-14-6-4-5-7-15(14)17/h4-7,12-13,18H,8-11H2,1-3H3. The Kier molecular flexibility index (Phi) is 5.04. The highest BCUT2D eigenvalue weighted by Gasteiger charge is 2.41. The van der Waals surface area contributed by atoms with E-state index in [0.717, 1.165) is 26.0 Å². The first kappa shape index (κ1) is 15.0. The Labute approximate surface area is 125 Å². The van der Waals surface area contributed by atoms with Gasteiger partial charge in [-0.25, -0.2) is 0 Å². The summed E-state index contributed by atoms with van der Waals surface area (Å²) in [6.07, 6.45) is 2.51. The Morgan fingerprint density at radius 3 is 2.74 bits per heavy atom. The van der Waals surface area contributed by atoms with Crippen molar-refractivity contribution in [2.45, 2.75) is 45.8 Å². The van der Waals surface area contributed by atoms with Gasteiger partial charge in [0.25, 0.3) is 0 Å². The predicted molar refractivity (Wildman–Crippen MR) is 83.4 cm³/mol. The van der Waals surface area contributed by atoms with E-state index in [-0.39, 0.29) is 5.41 Å². The second-order valence-corrected chi connectivity index (χ2v) is 6.78. The monoisotopic (exact) mass is 325 g/mol. The van der Waals surface area contributed by atoms with E-state index in [1.54, 1.807) is 0 Å². The fourth-order valence-corrected chi connectivity index (χ4v) is 3.20. The van der Waals surface area contributed by atoms with E-state index in [1.807, 2.05) is 0 Å². The quantitative estimate of drug-likeness (QED) is 0.889. The zero-order valence-electron chi connectivity index (χ0n) is 12.1. The fourth-order valence-electron chi connectivity index (χ4n) is 2.77. The van der Waals surface area contributed by atoms with Crippen molar-refractivity contribution < 1.29 is 4.74 Å². The van der Waals surface area contributed by atoms with Crippen LogP contribution in [0.2, 0.25) is 0 Å². The minimum absolute atomic E-state index is 0.216. The molecule has 1 aromatic rings. The molecule has 2 rings (SSSR count). The summed E-state index contributed by atoms with van der Waals surface area (Å²) < 4.78 is 7.06. The number of halogens is 1. The molecule has 1 aromatic carbocycles. The van der Waals surface area contributed by atoms with Crippen LogP contribution in [0.15, 0.2) is 28.7 Å². The van der Waals surface area contributed by atoms with Crippen molar-refractivity contribution in [1.82, 2.24) is 5.32 Å². The maximum atomic E-state index is 5.86. The summed E-state index contributed by atoms with van der Waals surface area (Å²) >= 11 is 3.67. The third-order valence-electron chi connectivity index (χ3n) is 4.19. The van der Waals surface area contributed by atoms with Gasteiger partial charge in [0.15, 0.2) is 0 Å². The Hall–Kier alpha value is -0.380. The summed E-state index contributed by atoms with van der Waals surface area (Å²) in [5, 5.41) is 3.60. The van der Waals surface area contributed by atoms with Gasteiger partial charge in [-0.2, -0.15) is 0 Å². The van der Waals surface area contributed by atoms with E-state index >= 15 is 0 Å². The van der Waals surface area contributed by atoms with Crippen molar-refractivity contribution in [3.05, 3.63) is 34.3 Å². The fraction of sp³-hybridized carbons (Fsp3) is 0.625. The molecule has 1 N–H and O–H groups in total. The summed E-state index contributed by atoms with van der Waals surface area (Å²) in [5.74, 6) is 0. The van der Waals surface area contributed by atoms with E-state index in [9.17, 15) is 0 Å². The first-order chi connectivity index (χ1) is 9.03. The van der Waals surface area contributed by atoms with Crippen LogP contribution in [0, 0.1) is 5.41 Å². The number of nitrogens with one attached hydrogen (secondary N) is 1. The summed E-state index contributed by atoms with van der Waals surface area (Å²) in [4.78, 5) is 0. The van der Waals surface area contributed by atoms with Gasteiger partial charge < -0.3 is 10.1 Å². The van der Waals surface area contributed by atoms with Crippen LogP contribution in [0.1, 0.15) is 32.8 Å². The zero-order chi connectivity index (χ0) is 13.9. The van der Waals surface area contributed by atoms with Crippen LogP contribution in [0.3, 0.4) is 0 Å². The molecule has 2 atom stereocenters. The Morgan fingerprint density at radius 1 is 1.42 bits per heavy atom. The summed E-state index contributed by atoms with van der Waals surface area (Å²) in [7, 11) is 0. The first-order valence-corrected chi connectivity index (χ1v) is 7.91. The van der Waals surface area contributed by atoms with E-state index in [4.69, 9.17) is 4.74 Å². The average Bonchev–Trinajstić information content (AvgIpc) is 2.72. The molecule has 0 aliphatic carbocycles. The molecule has 0 bridgehead atoms. The van der Waals surface area contributed by atoms with E-state index < -0.39 is 0 Å². The molecular formula is C16H24BrNO. The molecule has 1 aliphatic rings. The van der Waals surface area contributed by atoms with Crippen molar-refractivity contribution in [3.63, 3.8) is 0 Å². The lowest BCUT2D eigenvalue weighted by Gasteiger charge is -2.34. The van der Waals surface area contributed by atoms with E-state index in [1.165, 1.54) is 10.0 Å². The van der Waals surface area contributed by atoms with Gasteiger partial charge in [0.2, 0.25) is 0 Å². The first-order valence-electron chi connectivity index (χ1n) is 7.12. The number of ether oxygens (including phenoxy) is 1. The van der Waals surface area contributed by atoms with Crippen molar-refractivity contribution in [2.24, 2.45) is 5.41 Å². The molecule has 1 fully saturated rings. The molecule has 0 radical (unpaired) electrons. The van der Waals surface area contributed by atoms with Crippen molar-refractivity contribution in [2.75, 3.05) is 13.2 Å². The highest BCUT2D eigenvalue weighted by atomic mass is 79.9. The van der Waals surface area contributed by atoms with Crippen LogP contribution in [0.4, 0.5) is 0 Å². The number of benzene rings is 1. The maximum Gasteiger partial charge on any atom is 0.0619 e. The normalized spacial score (nSPS) is 27.1. The lowest BCUT2D eigenvalue weighted by Crippen LogP contribution is -2.43. The van der Waals surface area contributed by atoms with Crippen LogP contribution >= 0.6 is 15.9 Å². The van der Waals surface area contributed by atoms with Crippen LogP contribution in [0.25, 0.3) is 0 Å². The minimum atomic E-state index is 0.216. The molecule has 2 nitrogen and oxygen atoms in total. The predicted octanol–water partition coefficient (Wildman–Crippen LogP) is 3.78. The smallest absolute Gasteiger partial charge is 0.0619 e. The molecule has 2 unspecified atom stereocenters. The van der Waals surface area contributed by atoms with Gasteiger partial charge in [-0.05, 0) is 31.4 Å². The average molecular weight is 326 g/mol. The van der Waals surface area contributed by atoms with Crippen molar-refractivity contribution in [3.8, 4) is 0 Å². The number of rotatable bonds is 5. The molecule has 106 valence electrons. The molecule has 0 saturated carbocycles. The summed E-state index contributed by atoms with van der Waals surface area (Å²) in [6, 6.07) is 9.04. The Bertz CT molecular complexity index is 421. The second-order valence-electron chi connectivity index (χ2n) is 5.93. The second kappa shape index (κ2) is 6.38. The minimum Gasteiger partial charge on any atom is -0.378 e. The van der Waals surface area contributed by atoms with Crippen LogP contribution in [-0.4, -0.2) is 25.3 Å². The highest BCUT2D eigenvalue weighted by molar-refractivity contribution is 9.10. The summed E-state index contributed by atoms with van der Waals surface area (Å²) in [5.41, 5.74) is 1.60. The topological polar surface area (TPSA) is 21.3 Å². The number of hydrogen-bond donors (Lipinski definition) is 1. The van der Waals surface area contributed by atoms with E-state index in [2.05, 4.69) is 66.3 Å². The highest BCUT2D eigenvalue weighted by Crippen LogP contribution is 2.39. The van der Waals surface area contributed by atoms with Gasteiger partial charge >= 0.3 is 0 Å². The van der Waals surface area contributed by atoms with Gasteiger partial charge in [-0.3, -0.25) is 0 Å². The Morgan fingerprint density at radius 2 is 2.16 bits per heavy atom. The third-order valence-corrected chi connectivity index (χ3v) is 4.97. The molecule has 0 spiro atoms. The lowest BCUT2D eigenvalue weighted by atomic mass is 9.76. The lowest BCUT2D eigenvalue weighted by molar-refractivity contribution is 0.0620. The maximum absolute atomic E-state index is 5.86. The van der Waals surface area contributed by atoms with Gasteiger partial charge in [0, 0.05) is 29.1 Å². The summed E-state index contributed by atoms with van der Waals surface area (Å²) in [6.45, 7) is 8.52. The third kappa shape index (κ3) is 3.59. The molecule has 0 aromatic heterocycles. The van der Waals surface area contributed by atoms with Crippen molar-refractivity contribution >= 4 is 15.9 Å². The van der Waals surface area contributed by atoms with Gasteiger partial charge in [-0.15, -0.1) is 0 Å². The molecule has 1 heterocycles. The van der Waals surface area contributed by atoms with Gasteiger partial charge in [0.05, 0.1) is 6.10 Å². The van der Waals surface area contributed by atoms with E-state index in [0.29, 0.717) is 12.1 Å². The largest absolute Gasteiger partial charge is 0.378 e.